The molecule has 0 aliphatic rings. The van der Waals surface area contributed by atoms with Gasteiger partial charge in [-0.1, -0.05) is 30.3 Å². The number of nitrogen functional groups attached to an aromatic ring is 1. The van der Waals surface area contributed by atoms with Crippen LogP contribution in [0.15, 0.2) is 53.4 Å². The van der Waals surface area contributed by atoms with E-state index >= 15 is 0 Å². The Morgan fingerprint density at radius 1 is 1.06 bits per heavy atom. The first-order valence-electron chi connectivity index (χ1n) is 5.97. The summed E-state index contributed by atoms with van der Waals surface area (Å²) in [6, 6.07) is 15.0. The molecule has 1 nitrogen and oxygen atoms in total. The van der Waals surface area contributed by atoms with E-state index in [1.54, 1.807) is 17.8 Å². The van der Waals surface area contributed by atoms with E-state index in [2.05, 4.69) is 24.3 Å². The number of halogens is 1. The van der Waals surface area contributed by atoms with Gasteiger partial charge in [-0.25, -0.2) is 4.39 Å². The summed E-state index contributed by atoms with van der Waals surface area (Å²) in [6.07, 6.45) is 2.15. The van der Waals surface area contributed by atoms with Crippen molar-refractivity contribution in [2.24, 2.45) is 0 Å². The van der Waals surface area contributed by atoms with Crippen molar-refractivity contribution in [2.45, 2.75) is 17.7 Å². The lowest BCUT2D eigenvalue weighted by molar-refractivity contribution is 0.627. The fraction of sp³-hybridized carbons (Fsp3) is 0.200. The van der Waals surface area contributed by atoms with E-state index in [9.17, 15) is 4.39 Å². The molecule has 3 heteroatoms. The standard InChI is InChI=1S/C15H16FNS/c16-13-8-9-15(14(17)11-13)18-10-4-7-12-5-2-1-3-6-12/h1-3,5-6,8-9,11H,4,7,10,17H2. The van der Waals surface area contributed by atoms with E-state index in [0.717, 1.165) is 23.5 Å². The molecule has 2 aromatic carbocycles. The molecule has 2 N–H and O–H groups in total. The molecule has 0 aliphatic heterocycles. The highest BCUT2D eigenvalue weighted by Crippen LogP contribution is 2.26. The second-order valence-electron chi connectivity index (χ2n) is 4.12. The molecule has 18 heavy (non-hydrogen) atoms. The average Bonchev–Trinajstić information content (AvgIpc) is 2.38. The van der Waals surface area contributed by atoms with Crippen LogP contribution in [-0.2, 0) is 6.42 Å². The normalized spacial score (nSPS) is 10.5. The summed E-state index contributed by atoms with van der Waals surface area (Å²) in [5.41, 5.74) is 7.63. The van der Waals surface area contributed by atoms with Crippen LogP contribution in [0.3, 0.4) is 0 Å². The number of benzene rings is 2. The van der Waals surface area contributed by atoms with Crippen LogP contribution in [0.1, 0.15) is 12.0 Å². The second kappa shape index (κ2) is 6.45. The van der Waals surface area contributed by atoms with E-state index in [1.165, 1.54) is 17.7 Å². The molecule has 0 unspecified atom stereocenters. The first kappa shape index (κ1) is 13.0. The molecule has 0 saturated heterocycles. The molecule has 0 fully saturated rings. The Morgan fingerprint density at radius 3 is 2.56 bits per heavy atom. The third kappa shape index (κ3) is 3.77. The lowest BCUT2D eigenvalue weighted by atomic mass is 10.1. The van der Waals surface area contributed by atoms with Gasteiger partial charge in [0.2, 0.25) is 0 Å². The maximum Gasteiger partial charge on any atom is 0.125 e. The minimum Gasteiger partial charge on any atom is -0.398 e. The highest BCUT2D eigenvalue weighted by molar-refractivity contribution is 7.99. The van der Waals surface area contributed by atoms with Gasteiger partial charge in [0.15, 0.2) is 0 Å². The summed E-state index contributed by atoms with van der Waals surface area (Å²) in [6.45, 7) is 0. The molecular weight excluding hydrogens is 245 g/mol. The SMILES string of the molecule is Nc1cc(F)ccc1SCCCc1ccccc1. The van der Waals surface area contributed by atoms with Crippen LogP contribution in [0.5, 0.6) is 0 Å². The maximum absolute atomic E-state index is 12.9. The molecule has 0 aliphatic carbocycles. The third-order valence-electron chi connectivity index (χ3n) is 2.68. The molecule has 2 rings (SSSR count). The summed E-state index contributed by atoms with van der Waals surface area (Å²) >= 11 is 1.68. The molecule has 2 aromatic rings. The summed E-state index contributed by atoms with van der Waals surface area (Å²) in [4.78, 5) is 0.962. The number of thioether (sulfide) groups is 1. The minimum absolute atomic E-state index is 0.277. The van der Waals surface area contributed by atoms with Crippen LogP contribution in [0.2, 0.25) is 0 Å². The van der Waals surface area contributed by atoms with Crippen molar-refractivity contribution in [1.82, 2.24) is 0 Å². The van der Waals surface area contributed by atoms with Gasteiger partial charge in [-0.2, -0.15) is 0 Å². The third-order valence-corrected chi connectivity index (χ3v) is 3.86. The number of nitrogens with two attached hydrogens (primary N) is 1. The predicted molar refractivity (Wildman–Crippen MR) is 76.3 cm³/mol. The summed E-state index contributed by atoms with van der Waals surface area (Å²) in [7, 11) is 0. The molecular formula is C15H16FNS. The van der Waals surface area contributed by atoms with Gasteiger partial charge in [0.25, 0.3) is 0 Å². The van der Waals surface area contributed by atoms with Crippen LogP contribution in [0.4, 0.5) is 10.1 Å². The molecule has 94 valence electrons. The number of hydrogen-bond acceptors (Lipinski definition) is 2. The fourth-order valence-electron chi connectivity index (χ4n) is 1.75. The van der Waals surface area contributed by atoms with E-state index in [0.29, 0.717) is 5.69 Å². The van der Waals surface area contributed by atoms with Crippen molar-refractivity contribution in [3.63, 3.8) is 0 Å². The Bertz CT molecular complexity index is 499. The number of rotatable bonds is 5. The molecule has 0 saturated carbocycles. The van der Waals surface area contributed by atoms with Gasteiger partial charge in [-0.3, -0.25) is 0 Å². The highest BCUT2D eigenvalue weighted by atomic mass is 32.2. The van der Waals surface area contributed by atoms with E-state index in [1.807, 2.05) is 6.07 Å². The van der Waals surface area contributed by atoms with Crippen LogP contribution in [0, 0.1) is 5.82 Å². The maximum atomic E-state index is 12.9. The Kier molecular flexibility index (Phi) is 4.65. The summed E-state index contributed by atoms with van der Waals surface area (Å²) < 4.78 is 12.9. The first-order chi connectivity index (χ1) is 8.75. The van der Waals surface area contributed by atoms with Crippen LogP contribution in [-0.4, -0.2) is 5.75 Å². The Hall–Kier alpha value is -1.48. The van der Waals surface area contributed by atoms with Gasteiger partial charge in [0, 0.05) is 10.6 Å². The zero-order chi connectivity index (χ0) is 12.8. The topological polar surface area (TPSA) is 26.0 Å². The van der Waals surface area contributed by atoms with Gasteiger partial charge in [0.1, 0.15) is 5.82 Å². The number of anilines is 1. The molecule has 0 aromatic heterocycles. The van der Waals surface area contributed by atoms with Crippen LogP contribution in [0.25, 0.3) is 0 Å². The van der Waals surface area contributed by atoms with Crippen LogP contribution < -0.4 is 5.73 Å². The minimum atomic E-state index is -0.277. The lowest BCUT2D eigenvalue weighted by Gasteiger charge is -2.05. The lowest BCUT2D eigenvalue weighted by Crippen LogP contribution is -1.92. The van der Waals surface area contributed by atoms with Crippen molar-refractivity contribution >= 4 is 17.4 Å². The molecule has 0 heterocycles. The van der Waals surface area contributed by atoms with Crippen molar-refractivity contribution < 1.29 is 4.39 Å². The summed E-state index contributed by atoms with van der Waals surface area (Å²) in [5, 5.41) is 0. The molecule has 0 spiro atoms. The average molecular weight is 261 g/mol. The zero-order valence-corrected chi connectivity index (χ0v) is 10.9. The van der Waals surface area contributed by atoms with Gasteiger partial charge in [-0.15, -0.1) is 11.8 Å². The van der Waals surface area contributed by atoms with Crippen molar-refractivity contribution in [2.75, 3.05) is 11.5 Å². The monoisotopic (exact) mass is 261 g/mol. The fourth-order valence-corrected chi connectivity index (χ4v) is 2.65. The van der Waals surface area contributed by atoms with Crippen molar-refractivity contribution in [3.8, 4) is 0 Å². The smallest absolute Gasteiger partial charge is 0.125 e. The Balaban J connectivity index is 1.79. The van der Waals surface area contributed by atoms with Crippen LogP contribution >= 0.6 is 11.8 Å². The van der Waals surface area contributed by atoms with Gasteiger partial charge < -0.3 is 5.73 Å². The van der Waals surface area contributed by atoms with E-state index < -0.39 is 0 Å². The Morgan fingerprint density at radius 2 is 1.83 bits per heavy atom. The van der Waals surface area contributed by atoms with E-state index in [-0.39, 0.29) is 5.82 Å². The molecule has 0 radical (unpaired) electrons. The zero-order valence-electron chi connectivity index (χ0n) is 10.1. The van der Waals surface area contributed by atoms with Gasteiger partial charge in [0.05, 0.1) is 0 Å². The number of aryl methyl sites for hydroxylation is 1. The molecule has 0 atom stereocenters. The van der Waals surface area contributed by atoms with Crippen molar-refractivity contribution in [1.29, 1.82) is 0 Å². The Labute approximate surface area is 111 Å². The van der Waals surface area contributed by atoms with Crippen molar-refractivity contribution in [3.05, 3.63) is 59.9 Å². The number of hydrogen-bond donors (Lipinski definition) is 1. The predicted octanol–water partition coefficient (Wildman–Crippen LogP) is 4.13. The second-order valence-corrected chi connectivity index (χ2v) is 5.26. The molecule has 0 amide bonds. The van der Waals surface area contributed by atoms with Gasteiger partial charge >= 0.3 is 0 Å². The van der Waals surface area contributed by atoms with Gasteiger partial charge in [-0.05, 0) is 42.4 Å². The first-order valence-corrected chi connectivity index (χ1v) is 6.96. The quantitative estimate of drug-likeness (QED) is 0.497. The molecule has 0 bridgehead atoms. The largest absolute Gasteiger partial charge is 0.398 e. The summed E-state index contributed by atoms with van der Waals surface area (Å²) in [5.74, 6) is 0.714. The highest BCUT2D eigenvalue weighted by Gasteiger charge is 2.01. The van der Waals surface area contributed by atoms with E-state index in [4.69, 9.17) is 5.73 Å².